The summed E-state index contributed by atoms with van der Waals surface area (Å²) in [5, 5.41) is 7.60. The van der Waals surface area contributed by atoms with Gasteiger partial charge in [0.2, 0.25) is 6.79 Å². The summed E-state index contributed by atoms with van der Waals surface area (Å²) in [5.41, 5.74) is 3.58. The molecule has 0 unspecified atom stereocenters. The van der Waals surface area contributed by atoms with E-state index in [1.54, 1.807) is 0 Å². The van der Waals surface area contributed by atoms with E-state index in [2.05, 4.69) is 14.9 Å². The molecule has 4 rings (SSSR count). The molecular weight excluding hydrogens is 256 g/mol. The maximum absolute atomic E-state index is 5.35. The zero-order valence-corrected chi connectivity index (χ0v) is 10.4. The largest absolute Gasteiger partial charge is 0.454 e. The maximum Gasteiger partial charge on any atom is 0.231 e. The Morgan fingerprint density at radius 1 is 0.800 bits per heavy atom. The van der Waals surface area contributed by atoms with Crippen LogP contribution < -0.4 is 9.47 Å². The lowest BCUT2D eigenvalue weighted by Crippen LogP contribution is -1.92. The summed E-state index contributed by atoms with van der Waals surface area (Å²) in [4.78, 5) is 0. The van der Waals surface area contributed by atoms with Crippen molar-refractivity contribution in [2.45, 2.75) is 0 Å². The quantitative estimate of drug-likeness (QED) is 0.667. The molecule has 0 saturated carbocycles. The molecule has 0 spiro atoms. The molecule has 1 aliphatic rings. The second kappa shape index (κ2) is 4.38. The Hall–Kier alpha value is -2.82. The van der Waals surface area contributed by atoms with E-state index in [9.17, 15) is 0 Å². The fourth-order valence-electron chi connectivity index (χ4n) is 2.11. The van der Waals surface area contributed by atoms with Crippen molar-refractivity contribution < 1.29 is 14.1 Å². The van der Waals surface area contributed by atoms with Crippen molar-refractivity contribution in [2.24, 2.45) is 0 Å². The van der Waals surface area contributed by atoms with Crippen molar-refractivity contribution in [1.29, 1.82) is 0 Å². The van der Waals surface area contributed by atoms with Crippen LogP contribution in [0.4, 0.5) is 0 Å². The molecule has 0 radical (unpaired) electrons. The number of ether oxygens (including phenoxy) is 2. The summed E-state index contributed by atoms with van der Waals surface area (Å²) in [6.07, 6.45) is 4.02. The molecule has 0 fully saturated rings. The highest BCUT2D eigenvalue weighted by Crippen LogP contribution is 2.33. The molecule has 1 aromatic heterocycles. The molecule has 2 aromatic carbocycles. The van der Waals surface area contributed by atoms with E-state index in [1.807, 2.05) is 48.6 Å². The molecule has 5 heteroatoms. The van der Waals surface area contributed by atoms with E-state index in [0.717, 1.165) is 33.7 Å². The number of hydrogen-bond acceptors (Lipinski definition) is 5. The lowest BCUT2D eigenvalue weighted by atomic mass is 10.1. The average Bonchev–Trinajstić information content (AvgIpc) is 3.12. The standard InChI is InChI=1S/C15H10N2O3/c1(10-3-5-12-13(7-10)17-20-16-12)2-11-4-6-14-15(8-11)19-9-18-14/h1-8H,9H2/b2-1-. The van der Waals surface area contributed by atoms with E-state index in [4.69, 9.17) is 9.47 Å². The Balaban J connectivity index is 1.64. The third kappa shape index (κ3) is 1.89. The Bertz CT molecular complexity index is 808. The first-order chi connectivity index (χ1) is 9.88. The molecule has 1 aliphatic heterocycles. The minimum absolute atomic E-state index is 0.290. The van der Waals surface area contributed by atoms with Crippen LogP contribution in [0.1, 0.15) is 11.1 Å². The third-order valence-corrected chi connectivity index (χ3v) is 3.14. The maximum atomic E-state index is 5.35. The third-order valence-electron chi connectivity index (χ3n) is 3.14. The van der Waals surface area contributed by atoms with Gasteiger partial charge in [-0.05, 0) is 45.7 Å². The molecule has 2 heterocycles. The zero-order valence-electron chi connectivity index (χ0n) is 10.4. The van der Waals surface area contributed by atoms with Crippen LogP contribution in [0.25, 0.3) is 23.2 Å². The average molecular weight is 266 g/mol. The molecule has 3 aromatic rings. The van der Waals surface area contributed by atoms with Crippen LogP contribution >= 0.6 is 0 Å². The zero-order chi connectivity index (χ0) is 13.4. The molecule has 20 heavy (non-hydrogen) atoms. The second-order valence-electron chi connectivity index (χ2n) is 4.46. The number of benzene rings is 2. The smallest absolute Gasteiger partial charge is 0.231 e. The molecule has 0 amide bonds. The highest BCUT2D eigenvalue weighted by Gasteiger charge is 2.12. The highest BCUT2D eigenvalue weighted by atomic mass is 16.7. The van der Waals surface area contributed by atoms with Gasteiger partial charge in [0.25, 0.3) is 0 Å². The van der Waals surface area contributed by atoms with Crippen LogP contribution in [0.3, 0.4) is 0 Å². The number of rotatable bonds is 2. The van der Waals surface area contributed by atoms with Crippen LogP contribution in [0.15, 0.2) is 41.0 Å². The van der Waals surface area contributed by atoms with Gasteiger partial charge >= 0.3 is 0 Å². The fourth-order valence-corrected chi connectivity index (χ4v) is 2.11. The molecule has 5 nitrogen and oxygen atoms in total. The summed E-state index contributed by atoms with van der Waals surface area (Å²) in [7, 11) is 0. The fraction of sp³-hybridized carbons (Fsp3) is 0.0667. The molecular formula is C15H10N2O3. The van der Waals surface area contributed by atoms with E-state index in [1.165, 1.54) is 0 Å². The van der Waals surface area contributed by atoms with E-state index < -0.39 is 0 Å². The minimum Gasteiger partial charge on any atom is -0.454 e. The van der Waals surface area contributed by atoms with E-state index in [-0.39, 0.29) is 0 Å². The summed E-state index contributed by atoms with van der Waals surface area (Å²) in [6.45, 7) is 0.290. The predicted molar refractivity (Wildman–Crippen MR) is 73.3 cm³/mol. The minimum atomic E-state index is 0.290. The van der Waals surface area contributed by atoms with Crippen LogP contribution in [0, 0.1) is 0 Å². The van der Waals surface area contributed by atoms with Gasteiger partial charge < -0.3 is 9.47 Å². The van der Waals surface area contributed by atoms with Gasteiger partial charge in [-0.2, -0.15) is 0 Å². The molecule has 0 bridgehead atoms. The van der Waals surface area contributed by atoms with Crippen molar-refractivity contribution in [3.63, 3.8) is 0 Å². The van der Waals surface area contributed by atoms with E-state index in [0.29, 0.717) is 6.79 Å². The van der Waals surface area contributed by atoms with Crippen molar-refractivity contribution in [1.82, 2.24) is 10.3 Å². The number of hydrogen-bond donors (Lipinski definition) is 0. The Morgan fingerprint density at radius 2 is 1.55 bits per heavy atom. The summed E-state index contributed by atoms with van der Waals surface area (Å²) in [6, 6.07) is 11.6. The van der Waals surface area contributed by atoms with Crippen molar-refractivity contribution in [3.05, 3.63) is 47.5 Å². The normalized spacial score (nSPS) is 13.4. The lowest BCUT2D eigenvalue weighted by molar-refractivity contribution is 0.174. The van der Waals surface area contributed by atoms with Crippen molar-refractivity contribution >= 4 is 23.2 Å². The molecule has 0 atom stereocenters. The highest BCUT2D eigenvalue weighted by molar-refractivity contribution is 5.79. The van der Waals surface area contributed by atoms with Gasteiger partial charge in [-0.1, -0.05) is 24.3 Å². The number of aromatic nitrogens is 2. The summed E-state index contributed by atoms with van der Waals surface area (Å²) >= 11 is 0. The first kappa shape index (κ1) is 11.0. The van der Waals surface area contributed by atoms with Crippen LogP contribution in [0.5, 0.6) is 11.5 Å². The molecule has 0 saturated heterocycles. The Labute approximate surface area is 114 Å². The Morgan fingerprint density at radius 3 is 2.50 bits per heavy atom. The van der Waals surface area contributed by atoms with Crippen molar-refractivity contribution in [2.75, 3.05) is 6.79 Å². The van der Waals surface area contributed by atoms with Crippen LogP contribution in [0.2, 0.25) is 0 Å². The number of fused-ring (bicyclic) bond motifs is 2. The first-order valence-electron chi connectivity index (χ1n) is 6.18. The number of nitrogens with zero attached hydrogens (tertiary/aromatic N) is 2. The monoisotopic (exact) mass is 266 g/mol. The first-order valence-corrected chi connectivity index (χ1v) is 6.18. The SMILES string of the molecule is C(=C/c1ccc2nonc2c1)/c1ccc2c(c1)OCO2. The topological polar surface area (TPSA) is 57.4 Å². The van der Waals surface area contributed by atoms with Gasteiger partial charge in [-0.15, -0.1) is 0 Å². The van der Waals surface area contributed by atoms with Crippen LogP contribution in [-0.4, -0.2) is 17.1 Å². The van der Waals surface area contributed by atoms with Gasteiger partial charge in [0.05, 0.1) is 0 Å². The molecule has 0 N–H and O–H groups in total. The van der Waals surface area contributed by atoms with Gasteiger partial charge in [-0.25, -0.2) is 4.63 Å². The van der Waals surface area contributed by atoms with Gasteiger partial charge in [0, 0.05) is 0 Å². The molecule has 98 valence electrons. The second-order valence-corrected chi connectivity index (χ2v) is 4.46. The molecule has 0 aliphatic carbocycles. The summed E-state index contributed by atoms with van der Waals surface area (Å²) < 4.78 is 15.3. The van der Waals surface area contributed by atoms with Crippen LogP contribution in [-0.2, 0) is 0 Å². The van der Waals surface area contributed by atoms with Crippen molar-refractivity contribution in [3.8, 4) is 11.5 Å². The van der Waals surface area contributed by atoms with E-state index >= 15 is 0 Å². The lowest BCUT2D eigenvalue weighted by Gasteiger charge is -1.98. The van der Waals surface area contributed by atoms with Gasteiger partial charge in [0.1, 0.15) is 11.0 Å². The Kier molecular flexibility index (Phi) is 2.42. The van der Waals surface area contributed by atoms with Gasteiger partial charge in [-0.3, -0.25) is 0 Å². The summed E-state index contributed by atoms with van der Waals surface area (Å²) in [5.74, 6) is 1.57. The predicted octanol–water partition coefficient (Wildman–Crippen LogP) is 3.12. The van der Waals surface area contributed by atoms with Gasteiger partial charge in [0.15, 0.2) is 11.5 Å².